The van der Waals surface area contributed by atoms with Crippen LogP contribution in [0.5, 0.6) is 0 Å². The summed E-state index contributed by atoms with van der Waals surface area (Å²) in [6, 6.07) is 8.72. The number of aromatic nitrogens is 2. The Bertz CT molecular complexity index is 576. The van der Waals surface area contributed by atoms with Gasteiger partial charge in [-0.3, -0.25) is 4.68 Å². The van der Waals surface area contributed by atoms with Crippen LogP contribution in [0.15, 0.2) is 33.2 Å². The molecule has 0 aliphatic rings. The molecule has 0 saturated carbocycles. The summed E-state index contributed by atoms with van der Waals surface area (Å²) in [7, 11) is 0. The van der Waals surface area contributed by atoms with Crippen molar-refractivity contribution in [3.8, 4) is 0 Å². The van der Waals surface area contributed by atoms with E-state index in [9.17, 15) is 0 Å². The van der Waals surface area contributed by atoms with Crippen LogP contribution in [0.1, 0.15) is 36.8 Å². The van der Waals surface area contributed by atoms with Crippen LogP contribution in [0.4, 0.5) is 0 Å². The van der Waals surface area contributed by atoms with Gasteiger partial charge in [0, 0.05) is 23.6 Å². The van der Waals surface area contributed by atoms with Crippen molar-refractivity contribution in [2.24, 2.45) is 0 Å². The molecule has 0 spiro atoms. The maximum Gasteiger partial charge on any atom is 0.0739 e. The van der Waals surface area contributed by atoms with Gasteiger partial charge in [-0.05, 0) is 54.4 Å². The second-order valence-corrected chi connectivity index (χ2v) is 6.52. The van der Waals surface area contributed by atoms with E-state index in [0.29, 0.717) is 6.04 Å². The third kappa shape index (κ3) is 3.51. The van der Waals surface area contributed by atoms with Gasteiger partial charge in [0.25, 0.3) is 0 Å². The fourth-order valence-electron chi connectivity index (χ4n) is 2.16. The van der Waals surface area contributed by atoms with E-state index in [-0.39, 0.29) is 0 Å². The van der Waals surface area contributed by atoms with Crippen molar-refractivity contribution in [3.63, 3.8) is 0 Å². The molecule has 1 aromatic carbocycles. The van der Waals surface area contributed by atoms with Crippen molar-refractivity contribution in [2.45, 2.75) is 39.9 Å². The quantitative estimate of drug-likeness (QED) is 0.795. The first-order valence-electron chi connectivity index (χ1n) is 6.73. The Balaban J connectivity index is 2.07. The standard InChI is InChI=1S/C15H19Br2N3/c1-4-20-14(15(17)11(3)19-20)9-18-10(2)12-5-7-13(16)8-6-12/h5-8,10,18H,4,9H2,1-3H3/t10-/m1/s1. The van der Waals surface area contributed by atoms with Crippen molar-refractivity contribution in [3.05, 3.63) is 50.2 Å². The lowest BCUT2D eigenvalue weighted by atomic mass is 10.1. The fraction of sp³-hybridized carbons (Fsp3) is 0.400. The average Bonchev–Trinajstić information content (AvgIpc) is 2.72. The summed E-state index contributed by atoms with van der Waals surface area (Å²) >= 11 is 7.09. The Hall–Kier alpha value is -0.650. The molecule has 1 aromatic heterocycles. The van der Waals surface area contributed by atoms with Gasteiger partial charge in [-0.15, -0.1) is 0 Å². The highest BCUT2D eigenvalue weighted by molar-refractivity contribution is 9.10. The normalized spacial score (nSPS) is 12.7. The average molecular weight is 401 g/mol. The van der Waals surface area contributed by atoms with Gasteiger partial charge in [0.1, 0.15) is 0 Å². The Kier molecular flexibility index (Phi) is 5.41. The number of nitrogens with one attached hydrogen (secondary N) is 1. The van der Waals surface area contributed by atoms with Gasteiger partial charge < -0.3 is 5.32 Å². The predicted molar refractivity (Wildman–Crippen MR) is 89.7 cm³/mol. The minimum Gasteiger partial charge on any atom is -0.305 e. The van der Waals surface area contributed by atoms with E-state index in [4.69, 9.17) is 0 Å². The number of nitrogens with zero attached hydrogens (tertiary/aromatic N) is 2. The molecular weight excluding hydrogens is 382 g/mol. The van der Waals surface area contributed by atoms with Gasteiger partial charge in [-0.2, -0.15) is 5.10 Å². The van der Waals surface area contributed by atoms with E-state index >= 15 is 0 Å². The number of aryl methyl sites for hydroxylation is 2. The third-order valence-electron chi connectivity index (χ3n) is 3.40. The van der Waals surface area contributed by atoms with Crippen molar-refractivity contribution >= 4 is 31.9 Å². The first kappa shape index (κ1) is 15.7. The predicted octanol–water partition coefficient (Wildman–Crippen LogP) is 4.59. The zero-order valence-electron chi connectivity index (χ0n) is 12.0. The zero-order chi connectivity index (χ0) is 14.7. The van der Waals surface area contributed by atoms with Crippen molar-refractivity contribution in [2.75, 3.05) is 0 Å². The molecular formula is C15H19Br2N3. The first-order valence-corrected chi connectivity index (χ1v) is 8.32. The Morgan fingerprint density at radius 1 is 1.25 bits per heavy atom. The van der Waals surface area contributed by atoms with E-state index in [1.807, 2.05) is 11.6 Å². The lowest BCUT2D eigenvalue weighted by molar-refractivity contribution is 0.530. The molecule has 0 bridgehead atoms. The molecule has 20 heavy (non-hydrogen) atoms. The molecule has 2 rings (SSSR count). The highest BCUT2D eigenvalue weighted by Crippen LogP contribution is 2.22. The van der Waals surface area contributed by atoms with Gasteiger partial charge in [0.05, 0.1) is 15.9 Å². The second-order valence-electron chi connectivity index (χ2n) is 4.82. The molecule has 3 nitrogen and oxygen atoms in total. The molecule has 0 aliphatic heterocycles. The molecule has 0 amide bonds. The van der Waals surface area contributed by atoms with Gasteiger partial charge in [0.15, 0.2) is 0 Å². The van der Waals surface area contributed by atoms with Gasteiger partial charge in [-0.1, -0.05) is 28.1 Å². The Labute approximate surface area is 137 Å². The summed E-state index contributed by atoms with van der Waals surface area (Å²) in [6.45, 7) is 8.00. The number of benzene rings is 1. The monoisotopic (exact) mass is 399 g/mol. The van der Waals surface area contributed by atoms with E-state index in [1.165, 1.54) is 11.3 Å². The van der Waals surface area contributed by atoms with Gasteiger partial charge in [-0.25, -0.2) is 0 Å². The smallest absolute Gasteiger partial charge is 0.0739 e. The zero-order valence-corrected chi connectivity index (χ0v) is 15.1. The van der Waals surface area contributed by atoms with Crippen LogP contribution in [-0.2, 0) is 13.1 Å². The topological polar surface area (TPSA) is 29.9 Å². The number of halogens is 2. The molecule has 1 heterocycles. The van der Waals surface area contributed by atoms with E-state index < -0.39 is 0 Å². The Morgan fingerprint density at radius 2 is 1.90 bits per heavy atom. The lowest BCUT2D eigenvalue weighted by Gasteiger charge is -2.15. The summed E-state index contributed by atoms with van der Waals surface area (Å²) < 4.78 is 4.26. The summed E-state index contributed by atoms with van der Waals surface area (Å²) in [6.07, 6.45) is 0. The van der Waals surface area contributed by atoms with Crippen molar-refractivity contribution < 1.29 is 0 Å². The molecule has 1 N–H and O–H groups in total. The summed E-state index contributed by atoms with van der Waals surface area (Å²) in [5.41, 5.74) is 3.53. The number of hydrogen-bond acceptors (Lipinski definition) is 2. The van der Waals surface area contributed by atoms with Crippen LogP contribution in [0.3, 0.4) is 0 Å². The van der Waals surface area contributed by atoms with Crippen molar-refractivity contribution in [1.29, 1.82) is 0 Å². The van der Waals surface area contributed by atoms with Crippen LogP contribution in [0, 0.1) is 6.92 Å². The van der Waals surface area contributed by atoms with Crippen LogP contribution in [-0.4, -0.2) is 9.78 Å². The van der Waals surface area contributed by atoms with Gasteiger partial charge in [0.2, 0.25) is 0 Å². The SMILES string of the molecule is CCn1nc(C)c(Br)c1CN[C@H](C)c1ccc(Br)cc1. The number of rotatable bonds is 5. The molecule has 0 fully saturated rings. The molecule has 0 aliphatic carbocycles. The van der Waals surface area contributed by atoms with E-state index in [0.717, 1.165) is 27.7 Å². The lowest BCUT2D eigenvalue weighted by Crippen LogP contribution is -2.20. The fourth-order valence-corrected chi connectivity index (χ4v) is 2.85. The van der Waals surface area contributed by atoms with E-state index in [2.05, 4.69) is 80.4 Å². The van der Waals surface area contributed by atoms with Crippen molar-refractivity contribution in [1.82, 2.24) is 15.1 Å². The first-order chi connectivity index (χ1) is 9.52. The molecule has 0 unspecified atom stereocenters. The summed E-state index contributed by atoms with van der Waals surface area (Å²) in [5.74, 6) is 0. The Morgan fingerprint density at radius 3 is 2.50 bits per heavy atom. The third-order valence-corrected chi connectivity index (χ3v) is 4.96. The summed E-state index contributed by atoms with van der Waals surface area (Å²) in [4.78, 5) is 0. The molecule has 2 aromatic rings. The van der Waals surface area contributed by atoms with E-state index in [1.54, 1.807) is 0 Å². The maximum absolute atomic E-state index is 4.51. The largest absolute Gasteiger partial charge is 0.305 e. The van der Waals surface area contributed by atoms with Crippen LogP contribution >= 0.6 is 31.9 Å². The maximum atomic E-state index is 4.51. The second kappa shape index (κ2) is 6.87. The molecule has 1 atom stereocenters. The minimum atomic E-state index is 0.301. The van der Waals surface area contributed by atoms with Gasteiger partial charge >= 0.3 is 0 Å². The summed E-state index contributed by atoms with van der Waals surface area (Å²) in [5, 5.41) is 8.07. The van der Waals surface area contributed by atoms with Crippen LogP contribution in [0.25, 0.3) is 0 Å². The molecule has 5 heteroatoms. The molecule has 0 saturated heterocycles. The highest BCUT2D eigenvalue weighted by atomic mass is 79.9. The molecule has 0 radical (unpaired) electrons. The number of hydrogen-bond donors (Lipinski definition) is 1. The highest BCUT2D eigenvalue weighted by Gasteiger charge is 2.13. The minimum absolute atomic E-state index is 0.301. The van der Waals surface area contributed by atoms with Crippen LogP contribution in [0.2, 0.25) is 0 Å². The van der Waals surface area contributed by atoms with Crippen LogP contribution < -0.4 is 5.32 Å². The molecule has 108 valence electrons.